The molecule has 0 aliphatic rings. The maximum Gasteiger partial charge on any atom is 0.289 e. The molecule has 2 rings (SSSR count). The highest BCUT2D eigenvalue weighted by Crippen LogP contribution is 2.22. The molecule has 110 valence electrons. The van der Waals surface area contributed by atoms with Crippen LogP contribution in [-0.2, 0) is 4.79 Å². The van der Waals surface area contributed by atoms with E-state index >= 15 is 0 Å². The highest BCUT2D eigenvalue weighted by Gasteiger charge is 2.17. The van der Waals surface area contributed by atoms with E-state index in [-0.39, 0.29) is 24.1 Å². The molecular weight excluding hydrogens is 272 g/mol. The number of hydrogen-bond acceptors (Lipinski definition) is 4. The molecule has 1 heterocycles. The molecule has 0 saturated heterocycles. The van der Waals surface area contributed by atoms with Crippen molar-refractivity contribution in [2.75, 3.05) is 26.0 Å². The second-order valence-electron chi connectivity index (χ2n) is 4.39. The van der Waals surface area contributed by atoms with E-state index in [1.165, 1.54) is 25.3 Å². The van der Waals surface area contributed by atoms with Gasteiger partial charge in [-0.05, 0) is 24.3 Å². The van der Waals surface area contributed by atoms with Crippen molar-refractivity contribution in [2.45, 2.75) is 0 Å². The van der Waals surface area contributed by atoms with Crippen LogP contribution in [0.1, 0.15) is 10.6 Å². The molecule has 0 saturated carbocycles. The van der Waals surface area contributed by atoms with Gasteiger partial charge in [0.15, 0.2) is 5.76 Å². The quantitative estimate of drug-likeness (QED) is 0.913. The van der Waals surface area contributed by atoms with Gasteiger partial charge in [-0.3, -0.25) is 9.59 Å². The van der Waals surface area contributed by atoms with Gasteiger partial charge in [-0.15, -0.1) is 0 Å². The molecule has 0 spiro atoms. The van der Waals surface area contributed by atoms with Gasteiger partial charge in [0, 0.05) is 7.05 Å². The molecule has 0 bridgehead atoms. The topological polar surface area (TPSA) is 71.8 Å². The normalized spacial score (nSPS) is 10.0. The summed E-state index contributed by atoms with van der Waals surface area (Å²) in [5, 5.41) is 2.70. The number of rotatable bonds is 5. The molecular formula is C15H16N2O4. The lowest BCUT2D eigenvalue weighted by molar-refractivity contribution is -0.116. The van der Waals surface area contributed by atoms with Gasteiger partial charge in [-0.1, -0.05) is 12.1 Å². The molecule has 6 heteroatoms. The molecule has 1 aromatic carbocycles. The minimum absolute atomic E-state index is 0.0857. The molecule has 1 aromatic heterocycles. The molecule has 2 amide bonds. The number of carbonyl (C=O) groups is 2. The number of amides is 2. The van der Waals surface area contributed by atoms with Gasteiger partial charge >= 0.3 is 0 Å². The van der Waals surface area contributed by atoms with E-state index in [0.29, 0.717) is 11.4 Å². The molecule has 1 N–H and O–H groups in total. The van der Waals surface area contributed by atoms with Crippen LogP contribution in [0.3, 0.4) is 0 Å². The third-order valence-corrected chi connectivity index (χ3v) is 2.84. The minimum atomic E-state index is -0.352. The Kier molecular flexibility index (Phi) is 4.61. The summed E-state index contributed by atoms with van der Waals surface area (Å²) in [5.74, 6) is 0.0885. The number of nitrogens with zero attached hydrogens (tertiary/aromatic N) is 1. The molecule has 0 radical (unpaired) electrons. The van der Waals surface area contributed by atoms with Gasteiger partial charge in [0.05, 0.1) is 25.6 Å². The van der Waals surface area contributed by atoms with Crippen molar-refractivity contribution in [1.82, 2.24) is 4.90 Å². The third kappa shape index (κ3) is 3.62. The number of methoxy groups -OCH3 is 1. The van der Waals surface area contributed by atoms with E-state index in [1.807, 2.05) is 0 Å². The molecule has 6 nitrogen and oxygen atoms in total. The number of benzene rings is 1. The lowest BCUT2D eigenvalue weighted by Crippen LogP contribution is -2.34. The summed E-state index contributed by atoms with van der Waals surface area (Å²) in [6.07, 6.45) is 1.41. The Hall–Kier alpha value is -2.76. The highest BCUT2D eigenvalue weighted by molar-refractivity contribution is 5.98. The number of anilines is 1. The van der Waals surface area contributed by atoms with Crippen LogP contribution in [0.25, 0.3) is 0 Å². The molecule has 0 fully saturated rings. The van der Waals surface area contributed by atoms with Crippen LogP contribution in [-0.4, -0.2) is 37.4 Å². The zero-order valence-electron chi connectivity index (χ0n) is 11.8. The van der Waals surface area contributed by atoms with Crippen molar-refractivity contribution in [1.29, 1.82) is 0 Å². The number of carbonyl (C=O) groups excluding carboxylic acids is 2. The van der Waals surface area contributed by atoms with E-state index in [2.05, 4.69) is 5.32 Å². The Bertz CT molecular complexity index is 622. The fourth-order valence-corrected chi connectivity index (χ4v) is 1.81. The summed E-state index contributed by atoms with van der Waals surface area (Å²) < 4.78 is 10.2. The van der Waals surface area contributed by atoms with E-state index in [4.69, 9.17) is 9.15 Å². The smallest absolute Gasteiger partial charge is 0.289 e. The van der Waals surface area contributed by atoms with Crippen molar-refractivity contribution in [3.8, 4) is 5.75 Å². The van der Waals surface area contributed by atoms with Gasteiger partial charge in [0.1, 0.15) is 5.75 Å². The van der Waals surface area contributed by atoms with Crippen molar-refractivity contribution in [3.63, 3.8) is 0 Å². The number of likely N-dealkylation sites (N-methyl/N-ethyl adjacent to an activating group) is 1. The van der Waals surface area contributed by atoms with Gasteiger partial charge in [-0.2, -0.15) is 0 Å². The second-order valence-corrected chi connectivity index (χ2v) is 4.39. The van der Waals surface area contributed by atoms with E-state index in [1.54, 1.807) is 36.4 Å². The number of nitrogens with one attached hydrogen (secondary N) is 1. The SMILES string of the molecule is COc1ccccc1NC(=O)CN(C)C(=O)c1ccco1. The Balaban J connectivity index is 1.97. The van der Waals surface area contributed by atoms with Crippen molar-refractivity contribution in [3.05, 3.63) is 48.4 Å². The molecule has 0 unspecified atom stereocenters. The van der Waals surface area contributed by atoms with Crippen molar-refractivity contribution < 1.29 is 18.7 Å². The van der Waals surface area contributed by atoms with Crippen molar-refractivity contribution in [2.24, 2.45) is 0 Å². The predicted octanol–water partition coefficient (Wildman–Crippen LogP) is 2.00. The van der Waals surface area contributed by atoms with Crippen LogP contribution in [0.5, 0.6) is 5.75 Å². The van der Waals surface area contributed by atoms with E-state index in [9.17, 15) is 9.59 Å². The number of hydrogen-bond donors (Lipinski definition) is 1. The van der Waals surface area contributed by atoms with Crippen molar-refractivity contribution >= 4 is 17.5 Å². The predicted molar refractivity (Wildman–Crippen MR) is 77.3 cm³/mol. The summed E-state index contributed by atoms with van der Waals surface area (Å²) >= 11 is 0. The fraction of sp³-hybridized carbons (Fsp3) is 0.200. The maximum absolute atomic E-state index is 12.0. The lowest BCUT2D eigenvalue weighted by Gasteiger charge is -2.16. The molecule has 0 aliphatic heterocycles. The van der Waals surface area contributed by atoms with Crippen LogP contribution in [0.2, 0.25) is 0 Å². The van der Waals surface area contributed by atoms with Crippen LogP contribution in [0.4, 0.5) is 5.69 Å². The molecule has 0 atom stereocenters. The fourth-order valence-electron chi connectivity index (χ4n) is 1.81. The maximum atomic E-state index is 12.0. The lowest BCUT2D eigenvalue weighted by atomic mass is 10.3. The first kappa shape index (κ1) is 14.6. The summed E-state index contributed by atoms with van der Waals surface area (Å²) in [6.45, 7) is -0.0857. The highest BCUT2D eigenvalue weighted by atomic mass is 16.5. The average Bonchev–Trinajstić information content (AvgIpc) is 3.01. The largest absolute Gasteiger partial charge is 0.495 e. The summed E-state index contributed by atoms with van der Waals surface area (Å²) in [4.78, 5) is 25.2. The first-order valence-corrected chi connectivity index (χ1v) is 6.33. The van der Waals surface area contributed by atoms with Crippen LogP contribution in [0.15, 0.2) is 47.1 Å². The molecule has 2 aromatic rings. The number of ether oxygens (including phenoxy) is 1. The standard InChI is InChI=1S/C15H16N2O4/c1-17(15(19)13-8-5-9-21-13)10-14(18)16-11-6-3-4-7-12(11)20-2/h3-9H,10H2,1-2H3,(H,16,18). The Morgan fingerprint density at radius 1 is 1.24 bits per heavy atom. The Morgan fingerprint density at radius 3 is 2.67 bits per heavy atom. The zero-order chi connectivity index (χ0) is 15.2. The second kappa shape index (κ2) is 6.60. The third-order valence-electron chi connectivity index (χ3n) is 2.84. The summed E-state index contributed by atoms with van der Waals surface area (Å²) in [6, 6.07) is 10.2. The van der Waals surface area contributed by atoms with Crippen LogP contribution in [0, 0.1) is 0 Å². The molecule has 0 aliphatic carbocycles. The van der Waals surface area contributed by atoms with E-state index in [0.717, 1.165) is 0 Å². The summed E-state index contributed by atoms with van der Waals surface area (Å²) in [5.41, 5.74) is 0.559. The van der Waals surface area contributed by atoms with E-state index < -0.39 is 0 Å². The first-order valence-electron chi connectivity index (χ1n) is 6.33. The van der Waals surface area contributed by atoms with Crippen LogP contribution >= 0.6 is 0 Å². The minimum Gasteiger partial charge on any atom is -0.495 e. The first-order chi connectivity index (χ1) is 10.1. The summed E-state index contributed by atoms with van der Waals surface area (Å²) in [7, 11) is 3.06. The number of furan rings is 1. The molecule has 21 heavy (non-hydrogen) atoms. The monoisotopic (exact) mass is 288 g/mol. The number of para-hydroxylation sites is 2. The zero-order valence-corrected chi connectivity index (χ0v) is 11.8. The Labute approximate surface area is 122 Å². The van der Waals surface area contributed by atoms with Gasteiger partial charge in [0.2, 0.25) is 5.91 Å². The van der Waals surface area contributed by atoms with Gasteiger partial charge in [-0.25, -0.2) is 0 Å². The average molecular weight is 288 g/mol. The van der Waals surface area contributed by atoms with Crippen LogP contribution < -0.4 is 10.1 Å². The van der Waals surface area contributed by atoms with Gasteiger partial charge < -0.3 is 19.4 Å². The Morgan fingerprint density at radius 2 is 2.00 bits per heavy atom. The van der Waals surface area contributed by atoms with Gasteiger partial charge in [0.25, 0.3) is 5.91 Å².